The van der Waals surface area contributed by atoms with Gasteiger partial charge in [0.15, 0.2) is 0 Å². The molecule has 1 amide bonds. The summed E-state index contributed by atoms with van der Waals surface area (Å²) in [5.41, 5.74) is 1.20. The van der Waals surface area contributed by atoms with E-state index in [0.717, 1.165) is 11.1 Å². The molecule has 1 saturated heterocycles. The second kappa shape index (κ2) is 4.86. The summed E-state index contributed by atoms with van der Waals surface area (Å²) in [6, 6.07) is 1.20. The van der Waals surface area contributed by atoms with E-state index in [1.54, 1.807) is 0 Å². The summed E-state index contributed by atoms with van der Waals surface area (Å²) >= 11 is 0. The summed E-state index contributed by atoms with van der Waals surface area (Å²) in [7, 11) is 0. The third-order valence-electron chi connectivity index (χ3n) is 3.21. The number of alkyl halides is 3. The minimum atomic E-state index is -4.12. The molecule has 1 fully saturated rings. The first kappa shape index (κ1) is 15.0. The Bertz CT molecular complexity index is 598. The highest BCUT2D eigenvalue weighted by Gasteiger charge is 2.63. The number of nitrogens with zero attached hydrogens (tertiary/aromatic N) is 3. The number of anilines is 1. The van der Waals surface area contributed by atoms with Crippen molar-refractivity contribution in [2.24, 2.45) is 5.73 Å². The number of amides is 1. The predicted molar refractivity (Wildman–Crippen MR) is 63.8 cm³/mol. The first-order valence-electron chi connectivity index (χ1n) is 5.85. The van der Waals surface area contributed by atoms with Gasteiger partial charge in [-0.1, -0.05) is 0 Å². The lowest BCUT2D eigenvalue weighted by atomic mass is 9.89. The van der Waals surface area contributed by atoms with Crippen LogP contribution >= 0.6 is 0 Å². The van der Waals surface area contributed by atoms with Crippen LogP contribution in [0, 0.1) is 0 Å². The maximum absolute atomic E-state index is 13.9. The molecule has 0 saturated carbocycles. The molecule has 2 heterocycles. The van der Waals surface area contributed by atoms with Gasteiger partial charge in [-0.2, -0.15) is 0 Å². The zero-order valence-electron chi connectivity index (χ0n) is 10.6. The molecule has 1 aromatic heterocycles. The molecule has 2 rings (SSSR count). The fourth-order valence-corrected chi connectivity index (χ4v) is 1.99. The van der Waals surface area contributed by atoms with E-state index in [4.69, 9.17) is 10.8 Å². The maximum atomic E-state index is 13.9. The Labute approximate surface area is 116 Å². The molecule has 0 aliphatic carbocycles. The molecule has 21 heavy (non-hydrogen) atoms. The number of halogens is 3. The van der Waals surface area contributed by atoms with E-state index >= 15 is 0 Å². The summed E-state index contributed by atoms with van der Waals surface area (Å²) in [5.74, 6) is -7.44. The summed E-state index contributed by atoms with van der Waals surface area (Å²) in [5, 5.41) is 8.64. The van der Waals surface area contributed by atoms with Crippen LogP contribution in [-0.4, -0.2) is 51.6 Å². The van der Waals surface area contributed by atoms with Gasteiger partial charge in [0.05, 0.1) is 6.54 Å². The average Bonchev–Trinajstić information content (AvgIpc) is 2.41. The van der Waals surface area contributed by atoms with E-state index in [0.29, 0.717) is 0 Å². The van der Waals surface area contributed by atoms with E-state index in [1.807, 2.05) is 0 Å². The number of carbonyl (C=O) groups excluding carboxylic acids is 1. The van der Waals surface area contributed by atoms with Gasteiger partial charge >= 0.3 is 11.9 Å². The van der Waals surface area contributed by atoms with Gasteiger partial charge in [-0.3, -0.25) is 4.79 Å². The molecule has 3 N–H and O–H groups in total. The summed E-state index contributed by atoms with van der Waals surface area (Å²) in [6.45, 7) is -1.54. The number of primary amides is 1. The Kier molecular flexibility index (Phi) is 3.47. The van der Waals surface area contributed by atoms with Gasteiger partial charge in [0.1, 0.15) is 5.69 Å². The monoisotopic (exact) mass is 304 g/mol. The van der Waals surface area contributed by atoms with Gasteiger partial charge in [-0.05, 0) is 6.07 Å². The number of aliphatic carboxylic acids is 1. The highest BCUT2D eigenvalue weighted by molar-refractivity contribution is 5.90. The Morgan fingerprint density at radius 2 is 2.05 bits per heavy atom. The van der Waals surface area contributed by atoms with Crippen LogP contribution in [0.5, 0.6) is 0 Å². The topological polar surface area (TPSA) is 109 Å². The van der Waals surface area contributed by atoms with Crippen molar-refractivity contribution in [1.82, 2.24) is 9.97 Å². The van der Waals surface area contributed by atoms with Gasteiger partial charge in [-0.15, -0.1) is 0 Å². The molecule has 0 bridgehead atoms. The van der Waals surface area contributed by atoms with Crippen LogP contribution in [0.1, 0.15) is 16.9 Å². The standard InChI is InChI=1S/C11H11F3N4O3/c12-10(8(20)21)2-4-18(5-11(10,13)14)9-16-3-1-6(17-9)7(15)19/h1,3H,2,4-5H2,(H2,15,19)(H,20,21). The van der Waals surface area contributed by atoms with E-state index in [2.05, 4.69) is 9.97 Å². The molecule has 0 spiro atoms. The fraction of sp³-hybridized carbons (Fsp3) is 0.455. The van der Waals surface area contributed by atoms with Gasteiger partial charge in [-0.25, -0.2) is 27.9 Å². The summed E-state index contributed by atoms with van der Waals surface area (Å²) in [4.78, 5) is 30.0. The van der Waals surface area contributed by atoms with Gasteiger partial charge in [0.25, 0.3) is 11.6 Å². The minimum absolute atomic E-state index is 0.182. The van der Waals surface area contributed by atoms with E-state index in [9.17, 15) is 22.8 Å². The number of hydrogen-bond donors (Lipinski definition) is 2. The number of rotatable bonds is 3. The molecule has 114 valence electrons. The summed E-state index contributed by atoms with van der Waals surface area (Å²) < 4.78 is 41.4. The van der Waals surface area contributed by atoms with Crippen LogP contribution in [0.4, 0.5) is 19.1 Å². The second-order valence-electron chi connectivity index (χ2n) is 4.59. The van der Waals surface area contributed by atoms with Crippen molar-refractivity contribution in [3.8, 4) is 0 Å². The molecule has 7 nitrogen and oxygen atoms in total. The molecule has 0 radical (unpaired) electrons. The van der Waals surface area contributed by atoms with Gasteiger partial charge in [0.2, 0.25) is 5.95 Å². The van der Waals surface area contributed by atoms with Gasteiger partial charge in [0, 0.05) is 19.2 Å². The van der Waals surface area contributed by atoms with Gasteiger partial charge < -0.3 is 15.7 Å². The molecule has 1 unspecified atom stereocenters. The third kappa shape index (κ3) is 2.48. The Morgan fingerprint density at radius 1 is 1.38 bits per heavy atom. The highest BCUT2D eigenvalue weighted by atomic mass is 19.3. The lowest BCUT2D eigenvalue weighted by Gasteiger charge is -2.39. The van der Waals surface area contributed by atoms with Crippen molar-refractivity contribution in [1.29, 1.82) is 0 Å². The first-order chi connectivity index (χ1) is 9.67. The number of piperidine rings is 1. The fourth-order valence-electron chi connectivity index (χ4n) is 1.99. The highest BCUT2D eigenvalue weighted by Crippen LogP contribution is 2.40. The number of nitrogens with two attached hydrogens (primary N) is 1. The van der Waals surface area contributed by atoms with E-state index < -0.39 is 36.4 Å². The Hall–Kier alpha value is -2.39. The van der Waals surface area contributed by atoms with Crippen LogP contribution < -0.4 is 10.6 Å². The zero-order valence-corrected chi connectivity index (χ0v) is 10.6. The maximum Gasteiger partial charge on any atom is 0.348 e. The number of carbonyl (C=O) groups is 2. The quantitative estimate of drug-likeness (QED) is 0.826. The van der Waals surface area contributed by atoms with Crippen molar-refractivity contribution >= 4 is 17.8 Å². The van der Waals surface area contributed by atoms with E-state index in [1.165, 1.54) is 6.07 Å². The minimum Gasteiger partial charge on any atom is -0.479 e. The number of carboxylic acids is 1. The predicted octanol–water partition coefficient (Wildman–Crippen LogP) is 0.214. The molecular weight excluding hydrogens is 293 g/mol. The normalized spacial score (nSPS) is 24.6. The molecule has 0 aromatic carbocycles. The van der Waals surface area contributed by atoms with Crippen LogP contribution in [0.15, 0.2) is 12.3 Å². The largest absolute Gasteiger partial charge is 0.479 e. The van der Waals surface area contributed by atoms with Crippen molar-refractivity contribution in [3.05, 3.63) is 18.0 Å². The first-order valence-corrected chi connectivity index (χ1v) is 5.85. The molecule has 10 heteroatoms. The number of carboxylic acid groups (broad SMARTS) is 1. The zero-order chi connectivity index (χ0) is 15.8. The number of hydrogen-bond acceptors (Lipinski definition) is 5. The lowest BCUT2D eigenvalue weighted by molar-refractivity contribution is -0.187. The van der Waals surface area contributed by atoms with Crippen molar-refractivity contribution < 1.29 is 27.9 Å². The lowest BCUT2D eigenvalue weighted by Crippen LogP contribution is -2.62. The van der Waals surface area contributed by atoms with Crippen molar-refractivity contribution in [2.45, 2.75) is 18.0 Å². The SMILES string of the molecule is NC(=O)c1ccnc(N2CCC(F)(C(=O)O)C(F)(F)C2)n1. The Morgan fingerprint density at radius 3 is 2.57 bits per heavy atom. The van der Waals surface area contributed by atoms with Crippen LogP contribution in [-0.2, 0) is 4.79 Å². The Balaban J connectivity index is 2.28. The van der Waals surface area contributed by atoms with Crippen LogP contribution in [0.3, 0.4) is 0 Å². The molecule has 1 aromatic rings. The smallest absolute Gasteiger partial charge is 0.348 e. The van der Waals surface area contributed by atoms with Crippen LogP contribution in [0.25, 0.3) is 0 Å². The third-order valence-corrected chi connectivity index (χ3v) is 3.21. The van der Waals surface area contributed by atoms with Crippen LogP contribution in [0.2, 0.25) is 0 Å². The number of aromatic nitrogens is 2. The molecule has 1 atom stereocenters. The molecule has 1 aliphatic heterocycles. The second-order valence-corrected chi connectivity index (χ2v) is 4.59. The van der Waals surface area contributed by atoms with E-state index in [-0.39, 0.29) is 18.2 Å². The average molecular weight is 304 g/mol. The van der Waals surface area contributed by atoms with Crippen molar-refractivity contribution in [3.63, 3.8) is 0 Å². The molecule has 1 aliphatic rings. The van der Waals surface area contributed by atoms with Crippen molar-refractivity contribution in [2.75, 3.05) is 18.0 Å². The molecular formula is C11H11F3N4O3. The summed E-state index contributed by atoms with van der Waals surface area (Å²) in [6.07, 6.45) is 0.217.